The highest BCUT2D eigenvalue weighted by atomic mass is 16.7. The molecule has 2 N–H and O–H groups in total. The van der Waals surface area contributed by atoms with Crippen molar-refractivity contribution >= 4 is 0 Å². The number of fused-ring (bicyclic) bond motifs is 1. The topological polar surface area (TPSA) is 42.5 Å². The molecule has 0 aliphatic carbocycles. The molecule has 0 aromatic heterocycles. The molecule has 3 rings (SSSR count). The minimum Gasteiger partial charge on any atom is -0.454 e. The SMILES string of the molecule is CC1CNCC(c2ccc3c(c2)OCO3)N1. The van der Waals surface area contributed by atoms with Gasteiger partial charge in [-0.15, -0.1) is 0 Å². The molecule has 1 aromatic rings. The summed E-state index contributed by atoms with van der Waals surface area (Å²) in [6, 6.07) is 7.02. The maximum absolute atomic E-state index is 5.39. The third-order valence-corrected chi connectivity index (χ3v) is 3.08. The van der Waals surface area contributed by atoms with Gasteiger partial charge in [0.1, 0.15) is 0 Å². The smallest absolute Gasteiger partial charge is 0.231 e. The molecule has 4 nitrogen and oxygen atoms in total. The summed E-state index contributed by atoms with van der Waals surface area (Å²) in [5.41, 5.74) is 1.25. The predicted octanol–water partition coefficient (Wildman–Crippen LogP) is 1.04. The Labute approximate surface area is 94.9 Å². The maximum atomic E-state index is 5.39. The molecular weight excluding hydrogens is 204 g/mol. The van der Waals surface area contributed by atoms with E-state index in [-0.39, 0.29) is 0 Å². The summed E-state index contributed by atoms with van der Waals surface area (Å²) in [5, 5.41) is 6.98. The Bertz CT molecular complexity index is 395. The first-order chi connectivity index (χ1) is 7.83. The quantitative estimate of drug-likeness (QED) is 0.742. The second-order valence-corrected chi connectivity index (χ2v) is 4.39. The van der Waals surface area contributed by atoms with Gasteiger partial charge in [0.15, 0.2) is 11.5 Å². The molecule has 16 heavy (non-hydrogen) atoms. The van der Waals surface area contributed by atoms with E-state index >= 15 is 0 Å². The fourth-order valence-electron chi connectivity index (χ4n) is 2.25. The summed E-state index contributed by atoms with van der Waals surface area (Å²) in [7, 11) is 0. The predicted molar refractivity (Wildman–Crippen MR) is 60.8 cm³/mol. The van der Waals surface area contributed by atoms with Crippen LogP contribution in [0.4, 0.5) is 0 Å². The van der Waals surface area contributed by atoms with Crippen molar-refractivity contribution in [2.24, 2.45) is 0 Å². The van der Waals surface area contributed by atoms with Crippen LogP contribution in [0.2, 0.25) is 0 Å². The zero-order chi connectivity index (χ0) is 11.0. The molecule has 0 bridgehead atoms. The number of piperazine rings is 1. The molecule has 1 saturated heterocycles. The third-order valence-electron chi connectivity index (χ3n) is 3.08. The first-order valence-electron chi connectivity index (χ1n) is 5.69. The lowest BCUT2D eigenvalue weighted by Crippen LogP contribution is -2.48. The molecule has 0 spiro atoms. The van der Waals surface area contributed by atoms with Gasteiger partial charge in [0.25, 0.3) is 0 Å². The van der Waals surface area contributed by atoms with E-state index in [9.17, 15) is 0 Å². The minimum absolute atomic E-state index is 0.339. The summed E-state index contributed by atoms with van der Waals surface area (Å²) >= 11 is 0. The van der Waals surface area contributed by atoms with Gasteiger partial charge in [-0.3, -0.25) is 0 Å². The van der Waals surface area contributed by atoms with Crippen molar-refractivity contribution in [3.63, 3.8) is 0 Å². The minimum atomic E-state index is 0.339. The van der Waals surface area contributed by atoms with Crippen LogP contribution in [-0.2, 0) is 0 Å². The van der Waals surface area contributed by atoms with Crippen LogP contribution in [0.5, 0.6) is 11.5 Å². The molecule has 2 heterocycles. The number of hydrogen-bond acceptors (Lipinski definition) is 4. The Balaban J connectivity index is 1.83. The van der Waals surface area contributed by atoms with Gasteiger partial charge < -0.3 is 20.1 Å². The van der Waals surface area contributed by atoms with E-state index in [2.05, 4.69) is 29.7 Å². The fourth-order valence-corrected chi connectivity index (χ4v) is 2.25. The highest BCUT2D eigenvalue weighted by molar-refractivity contribution is 5.45. The molecular formula is C12H16N2O2. The molecule has 1 fully saturated rings. The van der Waals surface area contributed by atoms with Crippen LogP contribution >= 0.6 is 0 Å². The van der Waals surface area contributed by atoms with Gasteiger partial charge in [-0.2, -0.15) is 0 Å². The lowest BCUT2D eigenvalue weighted by atomic mass is 10.0. The van der Waals surface area contributed by atoms with Crippen molar-refractivity contribution in [3.8, 4) is 11.5 Å². The third kappa shape index (κ3) is 1.74. The first-order valence-corrected chi connectivity index (χ1v) is 5.69. The van der Waals surface area contributed by atoms with Gasteiger partial charge in [0.05, 0.1) is 0 Å². The molecule has 2 atom stereocenters. The zero-order valence-corrected chi connectivity index (χ0v) is 9.32. The van der Waals surface area contributed by atoms with E-state index in [1.54, 1.807) is 0 Å². The van der Waals surface area contributed by atoms with Gasteiger partial charge >= 0.3 is 0 Å². The van der Waals surface area contributed by atoms with Crippen molar-refractivity contribution in [1.82, 2.24) is 10.6 Å². The van der Waals surface area contributed by atoms with Gasteiger partial charge in [0.2, 0.25) is 6.79 Å². The molecule has 86 valence electrons. The van der Waals surface area contributed by atoms with Crippen LogP contribution in [0.25, 0.3) is 0 Å². The summed E-state index contributed by atoms with van der Waals surface area (Å²) in [6.07, 6.45) is 0. The highest BCUT2D eigenvalue weighted by Crippen LogP contribution is 2.34. The fraction of sp³-hybridized carbons (Fsp3) is 0.500. The van der Waals surface area contributed by atoms with Crippen molar-refractivity contribution < 1.29 is 9.47 Å². The van der Waals surface area contributed by atoms with Gasteiger partial charge in [-0.05, 0) is 24.6 Å². The van der Waals surface area contributed by atoms with Gasteiger partial charge in [-0.1, -0.05) is 6.07 Å². The highest BCUT2D eigenvalue weighted by Gasteiger charge is 2.21. The molecule has 4 heteroatoms. The van der Waals surface area contributed by atoms with E-state index < -0.39 is 0 Å². The van der Waals surface area contributed by atoms with Gasteiger partial charge in [-0.25, -0.2) is 0 Å². The number of benzene rings is 1. The molecule has 1 aromatic carbocycles. The van der Waals surface area contributed by atoms with Crippen LogP contribution in [0, 0.1) is 0 Å². The molecule has 0 amide bonds. The van der Waals surface area contributed by atoms with Crippen LogP contribution in [0.3, 0.4) is 0 Å². The molecule has 2 aliphatic heterocycles. The summed E-state index contributed by atoms with van der Waals surface area (Å²) in [5.74, 6) is 1.71. The van der Waals surface area contributed by atoms with Gasteiger partial charge in [0, 0.05) is 25.2 Å². The largest absolute Gasteiger partial charge is 0.454 e. The molecule has 0 radical (unpaired) electrons. The standard InChI is InChI=1S/C12H16N2O2/c1-8-5-13-6-10(14-8)9-2-3-11-12(4-9)16-7-15-11/h2-4,8,10,13-14H,5-7H2,1H3. The maximum Gasteiger partial charge on any atom is 0.231 e. The Morgan fingerprint density at radius 2 is 2.06 bits per heavy atom. The van der Waals surface area contributed by atoms with Crippen LogP contribution < -0.4 is 20.1 Å². The second kappa shape index (κ2) is 3.96. The number of ether oxygens (including phenoxy) is 2. The molecule has 2 unspecified atom stereocenters. The van der Waals surface area contributed by atoms with Crippen molar-refractivity contribution in [2.45, 2.75) is 19.0 Å². The Kier molecular flexibility index (Phi) is 2.46. The van der Waals surface area contributed by atoms with Crippen molar-refractivity contribution in [3.05, 3.63) is 23.8 Å². The van der Waals surface area contributed by atoms with E-state index in [1.807, 2.05) is 6.07 Å². The van der Waals surface area contributed by atoms with E-state index in [1.165, 1.54) is 5.56 Å². The lowest BCUT2D eigenvalue weighted by molar-refractivity contribution is 0.174. The van der Waals surface area contributed by atoms with E-state index in [0.717, 1.165) is 24.6 Å². The monoisotopic (exact) mass is 220 g/mol. The number of nitrogens with one attached hydrogen (secondary N) is 2. The van der Waals surface area contributed by atoms with E-state index in [4.69, 9.17) is 9.47 Å². The zero-order valence-electron chi connectivity index (χ0n) is 9.32. The Hall–Kier alpha value is -1.26. The Morgan fingerprint density at radius 1 is 1.19 bits per heavy atom. The summed E-state index contributed by atoms with van der Waals surface area (Å²) in [4.78, 5) is 0. The van der Waals surface area contributed by atoms with E-state index in [0.29, 0.717) is 18.9 Å². The normalized spacial score (nSPS) is 28.1. The average Bonchev–Trinajstić information content (AvgIpc) is 2.75. The molecule has 0 saturated carbocycles. The summed E-state index contributed by atoms with van der Waals surface area (Å²) < 4.78 is 10.7. The van der Waals surface area contributed by atoms with Crippen LogP contribution in [0.1, 0.15) is 18.5 Å². The van der Waals surface area contributed by atoms with Crippen molar-refractivity contribution in [1.29, 1.82) is 0 Å². The second-order valence-electron chi connectivity index (χ2n) is 4.39. The Morgan fingerprint density at radius 3 is 2.94 bits per heavy atom. The van der Waals surface area contributed by atoms with Crippen molar-refractivity contribution in [2.75, 3.05) is 19.9 Å². The van der Waals surface area contributed by atoms with Crippen LogP contribution in [-0.4, -0.2) is 25.9 Å². The number of rotatable bonds is 1. The molecule has 2 aliphatic rings. The first kappa shape index (κ1) is 9.93. The average molecular weight is 220 g/mol. The number of hydrogen-bond donors (Lipinski definition) is 2. The summed E-state index contributed by atoms with van der Waals surface area (Å²) in [6.45, 7) is 4.52. The van der Waals surface area contributed by atoms with Crippen LogP contribution in [0.15, 0.2) is 18.2 Å². The lowest BCUT2D eigenvalue weighted by Gasteiger charge is -2.30.